The quantitative estimate of drug-likeness (QED) is 0.784. The van der Waals surface area contributed by atoms with Crippen LogP contribution in [-0.2, 0) is 0 Å². The van der Waals surface area contributed by atoms with E-state index < -0.39 is 0 Å². The van der Waals surface area contributed by atoms with Crippen LogP contribution >= 0.6 is 11.6 Å². The largest absolute Gasteiger partial charge is 0.452 e. The van der Waals surface area contributed by atoms with Crippen LogP contribution < -0.4 is 9.64 Å². The summed E-state index contributed by atoms with van der Waals surface area (Å²) < 4.78 is 5.70. The van der Waals surface area contributed by atoms with Crippen LogP contribution in [0.3, 0.4) is 0 Å². The number of anilines is 1. The van der Waals surface area contributed by atoms with Crippen molar-refractivity contribution in [3.8, 4) is 11.5 Å². The zero-order valence-corrected chi connectivity index (χ0v) is 10.3. The van der Waals surface area contributed by atoms with Crippen LogP contribution in [0.1, 0.15) is 0 Å². The van der Waals surface area contributed by atoms with Gasteiger partial charge in [-0.25, -0.2) is 9.97 Å². The molecule has 0 N–H and O–H groups in total. The van der Waals surface area contributed by atoms with Gasteiger partial charge in [0.15, 0.2) is 11.5 Å². The summed E-state index contributed by atoms with van der Waals surface area (Å²) in [4.78, 5) is 9.71. The van der Waals surface area contributed by atoms with Crippen molar-refractivity contribution in [1.82, 2.24) is 9.97 Å². The van der Waals surface area contributed by atoms with Crippen LogP contribution in [0.25, 0.3) is 0 Å². The van der Waals surface area contributed by atoms with Crippen LogP contribution in [0, 0.1) is 0 Å². The summed E-state index contributed by atoms with van der Waals surface area (Å²) in [6.07, 6.45) is 3.09. The zero-order valence-electron chi connectivity index (χ0n) is 9.59. The number of hydrogen-bond donors (Lipinski definition) is 0. The minimum absolute atomic E-state index is 0.207. The second-order valence-electron chi connectivity index (χ2n) is 3.65. The van der Waals surface area contributed by atoms with Crippen molar-refractivity contribution in [2.45, 2.75) is 0 Å². The highest BCUT2D eigenvalue weighted by molar-refractivity contribution is 6.28. The fraction of sp³-hybridized carbons (Fsp3) is 0.167. The van der Waals surface area contributed by atoms with Crippen LogP contribution in [0.5, 0.6) is 11.5 Å². The molecule has 0 fully saturated rings. The molecular weight excluding hydrogens is 238 g/mol. The van der Waals surface area contributed by atoms with Crippen molar-refractivity contribution < 1.29 is 4.74 Å². The third-order valence-electron chi connectivity index (χ3n) is 2.17. The van der Waals surface area contributed by atoms with Crippen LogP contribution in [0.4, 0.5) is 5.69 Å². The Hall–Kier alpha value is -1.81. The Bertz CT molecular complexity index is 499. The predicted molar refractivity (Wildman–Crippen MR) is 67.9 cm³/mol. The Labute approximate surface area is 105 Å². The lowest BCUT2D eigenvalue weighted by molar-refractivity contribution is 0.478. The molecule has 0 amide bonds. The predicted octanol–water partition coefficient (Wildman–Crippen LogP) is 2.99. The van der Waals surface area contributed by atoms with E-state index in [1.807, 2.05) is 43.3 Å². The van der Waals surface area contributed by atoms with Gasteiger partial charge in [-0.2, -0.15) is 0 Å². The molecule has 1 aromatic carbocycles. The maximum atomic E-state index is 5.70. The van der Waals surface area contributed by atoms with Crippen molar-refractivity contribution >= 4 is 17.3 Å². The number of hydrogen-bond acceptors (Lipinski definition) is 4. The number of rotatable bonds is 3. The van der Waals surface area contributed by atoms with Crippen LogP contribution in [-0.4, -0.2) is 24.1 Å². The van der Waals surface area contributed by atoms with Gasteiger partial charge in [-0.3, -0.25) is 0 Å². The maximum Gasteiger partial charge on any atom is 0.222 e. The van der Waals surface area contributed by atoms with Gasteiger partial charge in [-0.05, 0) is 23.7 Å². The third kappa shape index (κ3) is 2.85. The number of halogens is 1. The molecule has 5 heteroatoms. The van der Waals surface area contributed by atoms with E-state index in [4.69, 9.17) is 16.3 Å². The Morgan fingerprint density at radius 2 is 1.76 bits per heavy atom. The van der Waals surface area contributed by atoms with Gasteiger partial charge in [0.25, 0.3) is 0 Å². The number of nitrogens with zero attached hydrogens (tertiary/aromatic N) is 3. The zero-order chi connectivity index (χ0) is 12.3. The second kappa shape index (κ2) is 5.01. The molecule has 0 radical (unpaired) electrons. The minimum Gasteiger partial charge on any atom is -0.452 e. The molecule has 0 aliphatic heterocycles. The first-order valence-corrected chi connectivity index (χ1v) is 5.46. The van der Waals surface area contributed by atoms with Gasteiger partial charge in [0.1, 0.15) is 0 Å². The first kappa shape index (κ1) is 11.7. The number of aromatic nitrogens is 2. The number of ether oxygens (including phenoxy) is 1. The number of para-hydroxylation sites is 2. The van der Waals surface area contributed by atoms with E-state index in [-0.39, 0.29) is 5.28 Å². The lowest BCUT2D eigenvalue weighted by Crippen LogP contribution is -2.09. The molecule has 2 rings (SSSR count). The summed E-state index contributed by atoms with van der Waals surface area (Å²) in [5, 5.41) is 0.207. The molecule has 4 nitrogen and oxygen atoms in total. The van der Waals surface area contributed by atoms with Crippen molar-refractivity contribution in [2.75, 3.05) is 19.0 Å². The summed E-state index contributed by atoms with van der Waals surface area (Å²) in [5.41, 5.74) is 0.988. The van der Waals surface area contributed by atoms with Gasteiger partial charge < -0.3 is 9.64 Å². The SMILES string of the molecule is CN(C)c1ccccc1Oc1cnc(Cl)nc1. The molecule has 2 aromatic rings. The first-order chi connectivity index (χ1) is 8.16. The third-order valence-corrected chi connectivity index (χ3v) is 2.37. The van der Waals surface area contributed by atoms with Gasteiger partial charge in [0, 0.05) is 14.1 Å². The maximum absolute atomic E-state index is 5.70. The van der Waals surface area contributed by atoms with Crippen LogP contribution in [0.15, 0.2) is 36.7 Å². The Kier molecular flexibility index (Phi) is 3.44. The summed E-state index contributed by atoms with van der Waals surface area (Å²) in [5.74, 6) is 1.31. The summed E-state index contributed by atoms with van der Waals surface area (Å²) in [7, 11) is 3.92. The average Bonchev–Trinajstić information content (AvgIpc) is 2.32. The molecule has 0 unspecified atom stereocenters. The molecule has 0 spiro atoms. The normalized spacial score (nSPS) is 10.1. The monoisotopic (exact) mass is 249 g/mol. The molecule has 0 saturated carbocycles. The van der Waals surface area contributed by atoms with Gasteiger partial charge in [-0.15, -0.1) is 0 Å². The molecule has 0 aliphatic carbocycles. The van der Waals surface area contributed by atoms with Crippen molar-refractivity contribution in [3.05, 3.63) is 41.9 Å². The highest BCUT2D eigenvalue weighted by atomic mass is 35.5. The van der Waals surface area contributed by atoms with Crippen molar-refractivity contribution in [1.29, 1.82) is 0 Å². The van der Waals surface area contributed by atoms with Crippen molar-refractivity contribution in [2.24, 2.45) is 0 Å². The molecule has 1 heterocycles. The molecular formula is C12H12ClN3O. The summed E-state index contributed by atoms with van der Waals surface area (Å²) >= 11 is 5.61. The summed E-state index contributed by atoms with van der Waals surface area (Å²) in [6.45, 7) is 0. The molecule has 1 aromatic heterocycles. The van der Waals surface area contributed by atoms with Gasteiger partial charge >= 0.3 is 0 Å². The van der Waals surface area contributed by atoms with E-state index >= 15 is 0 Å². The molecule has 0 aliphatic rings. The standard InChI is InChI=1S/C12H12ClN3O/c1-16(2)10-5-3-4-6-11(10)17-9-7-14-12(13)15-8-9/h3-8H,1-2H3. The smallest absolute Gasteiger partial charge is 0.222 e. The van der Waals surface area contributed by atoms with E-state index in [1.54, 1.807) is 12.4 Å². The van der Waals surface area contributed by atoms with Crippen molar-refractivity contribution in [3.63, 3.8) is 0 Å². The summed E-state index contributed by atoms with van der Waals surface area (Å²) in [6, 6.07) is 7.75. The fourth-order valence-electron chi connectivity index (χ4n) is 1.39. The average molecular weight is 250 g/mol. The molecule has 0 atom stereocenters. The lowest BCUT2D eigenvalue weighted by atomic mass is 10.3. The Morgan fingerprint density at radius 1 is 1.12 bits per heavy atom. The van der Waals surface area contributed by atoms with E-state index in [1.165, 1.54) is 0 Å². The topological polar surface area (TPSA) is 38.2 Å². The lowest BCUT2D eigenvalue weighted by Gasteiger charge is -2.16. The molecule has 88 valence electrons. The van der Waals surface area contributed by atoms with E-state index in [0.29, 0.717) is 5.75 Å². The van der Waals surface area contributed by atoms with E-state index in [0.717, 1.165) is 11.4 Å². The highest BCUT2D eigenvalue weighted by Crippen LogP contribution is 2.30. The Balaban J connectivity index is 2.26. The fourth-order valence-corrected chi connectivity index (χ4v) is 1.49. The van der Waals surface area contributed by atoms with E-state index in [2.05, 4.69) is 9.97 Å². The molecule has 17 heavy (non-hydrogen) atoms. The highest BCUT2D eigenvalue weighted by Gasteiger charge is 2.06. The second-order valence-corrected chi connectivity index (χ2v) is 3.99. The molecule has 0 saturated heterocycles. The molecule has 0 bridgehead atoms. The Morgan fingerprint density at radius 3 is 2.41 bits per heavy atom. The van der Waals surface area contributed by atoms with E-state index in [9.17, 15) is 0 Å². The first-order valence-electron chi connectivity index (χ1n) is 5.08. The van der Waals surface area contributed by atoms with Gasteiger partial charge in [-0.1, -0.05) is 12.1 Å². The minimum atomic E-state index is 0.207. The van der Waals surface area contributed by atoms with Crippen LogP contribution in [0.2, 0.25) is 5.28 Å². The van der Waals surface area contributed by atoms with Gasteiger partial charge in [0.2, 0.25) is 5.28 Å². The van der Waals surface area contributed by atoms with Gasteiger partial charge in [0.05, 0.1) is 18.1 Å². The number of benzene rings is 1.